The molecule has 0 spiro atoms. The summed E-state index contributed by atoms with van der Waals surface area (Å²) in [6.45, 7) is 4.92. The number of amides is 3. The minimum atomic E-state index is -0.967. The minimum Gasteiger partial charge on any atom is -0.326 e. The molecule has 1 N–H and O–H groups in total. The summed E-state index contributed by atoms with van der Waals surface area (Å²) in [6.07, 6.45) is 2.39. The Bertz CT molecular complexity index is 1000. The first-order valence-corrected chi connectivity index (χ1v) is 10.7. The zero-order valence-corrected chi connectivity index (χ0v) is 17.5. The highest BCUT2D eigenvalue weighted by Crippen LogP contribution is 2.50. The molecule has 2 aliphatic heterocycles. The Morgan fingerprint density at radius 2 is 1.77 bits per heavy atom. The number of fused-ring (bicyclic) bond motifs is 3. The van der Waals surface area contributed by atoms with Gasteiger partial charge in [0.25, 0.3) is 5.91 Å². The number of hydrogen-bond donors (Lipinski definition) is 1. The van der Waals surface area contributed by atoms with Gasteiger partial charge in [-0.1, -0.05) is 44.2 Å². The quantitative estimate of drug-likeness (QED) is 0.796. The van der Waals surface area contributed by atoms with Crippen molar-refractivity contribution in [1.29, 1.82) is 0 Å². The van der Waals surface area contributed by atoms with Crippen LogP contribution in [0.2, 0.25) is 0 Å². The monoisotopic (exact) mass is 405 g/mol. The number of carbonyl (C=O) groups excluding carboxylic acids is 3. The van der Waals surface area contributed by atoms with E-state index in [1.165, 1.54) is 0 Å². The van der Waals surface area contributed by atoms with Crippen molar-refractivity contribution < 1.29 is 14.4 Å². The molecule has 4 rings (SSSR count). The van der Waals surface area contributed by atoms with Crippen LogP contribution in [0, 0.1) is 0 Å². The summed E-state index contributed by atoms with van der Waals surface area (Å²) in [6, 6.07) is 15.1. The number of rotatable bonds is 6. The van der Waals surface area contributed by atoms with Gasteiger partial charge < -0.3 is 15.1 Å². The Balaban J connectivity index is 1.87. The van der Waals surface area contributed by atoms with Crippen LogP contribution in [0.1, 0.15) is 61.0 Å². The van der Waals surface area contributed by atoms with E-state index in [1.807, 2.05) is 67.3 Å². The molecule has 156 valence electrons. The van der Waals surface area contributed by atoms with Crippen LogP contribution in [0.4, 0.5) is 5.69 Å². The molecule has 6 heteroatoms. The first-order valence-electron chi connectivity index (χ1n) is 10.7. The summed E-state index contributed by atoms with van der Waals surface area (Å²) >= 11 is 0. The van der Waals surface area contributed by atoms with E-state index in [0.717, 1.165) is 24.0 Å². The fourth-order valence-electron chi connectivity index (χ4n) is 4.71. The van der Waals surface area contributed by atoms with Gasteiger partial charge in [-0.05, 0) is 31.0 Å². The van der Waals surface area contributed by atoms with Crippen molar-refractivity contribution in [3.8, 4) is 0 Å². The molecular formula is C24H27N3O3. The van der Waals surface area contributed by atoms with Crippen molar-refractivity contribution in [3.05, 3.63) is 65.2 Å². The highest BCUT2D eigenvalue weighted by Gasteiger charge is 2.59. The van der Waals surface area contributed by atoms with E-state index >= 15 is 0 Å². The topological polar surface area (TPSA) is 69.7 Å². The molecule has 2 aliphatic rings. The summed E-state index contributed by atoms with van der Waals surface area (Å²) in [5.74, 6) is -0.0695. The minimum absolute atomic E-state index is 0.0323. The predicted octanol–water partition coefficient (Wildman–Crippen LogP) is 3.72. The fraction of sp³-hybridized carbons (Fsp3) is 0.375. The second-order valence-corrected chi connectivity index (χ2v) is 7.85. The first kappa shape index (κ1) is 20.1. The van der Waals surface area contributed by atoms with Crippen LogP contribution in [0.25, 0.3) is 0 Å². The van der Waals surface area contributed by atoms with Crippen molar-refractivity contribution in [2.45, 2.75) is 45.2 Å². The summed E-state index contributed by atoms with van der Waals surface area (Å²) in [4.78, 5) is 42.2. The number of anilines is 1. The highest BCUT2D eigenvalue weighted by atomic mass is 16.2. The largest absolute Gasteiger partial charge is 0.326 e. The smallest absolute Gasteiger partial charge is 0.256 e. The Morgan fingerprint density at radius 3 is 2.53 bits per heavy atom. The molecular weight excluding hydrogens is 378 g/mol. The number of nitrogens with zero attached hydrogens (tertiary/aromatic N) is 2. The van der Waals surface area contributed by atoms with Crippen LogP contribution in [0.3, 0.4) is 0 Å². The normalized spacial score (nSPS) is 19.6. The maximum Gasteiger partial charge on any atom is 0.256 e. The van der Waals surface area contributed by atoms with Crippen molar-refractivity contribution in [1.82, 2.24) is 9.80 Å². The molecule has 6 nitrogen and oxygen atoms in total. The lowest BCUT2D eigenvalue weighted by atomic mass is 9.89. The third-order valence-electron chi connectivity index (χ3n) is 5.90. The first-order chi connectivity index (χ1) is 14.5. The van der Waals surface area contributed by atoms with Gasteiger partial charge in [-0.25, -0.2) is 0 Å². The van der Waals surface area contributed by atoms with Crippen LogP contribution >= 0.6 is 0 Å². The summed E-state index contributed by atoms with van der Waals surface area (Å²) in [5, 5.41) is 2.94. The molecule has 0 aromatic heterocycles. The lowest BCUT2D eigenvalue weighted by Gasteiger charge is -2.40. The number of benzene rings is 2. The molecule has 1 atom stereocenters. The second kappa shape index (κ2) is 7.94. The Morgan fingerprint density at radius 1 is 1.00 bits per heavy atom. The van der Waals surface area contributed by atoms with E-state index in [2.05, 4.69) is 5.32 Å². The van der Waals surface area contributed by atoms with Crippen LogP contribution in [0.15, 0.2) is 48.5 Å². The lowest BCUT2D eigenvalue weighted by Crippen LogP contribution is -2.51. The molecule has 0 aliphatic carbocycles. The molecule has 3 amide bonds. The molecule has 0 saturated carbocycles. The summed E-state index contributed by atoms with van der Waals surface area (Å²) < 4.78 is 0. The molecule has 1 unspecified atom stereocenters. The van der Waals surface area contributed by atoms with Crippen LogP contribution < -0.4 is 5.32 Å². The van der Waals surface area contributed by atoms with Gasteiger partial charge in [0.15, 0.2) is 5.66 Å². The molecule has 2 aromatic rings. The van der Waals surface area contributed by atoms with E-state index < -0.39 is 5.66 Å². The van der Waals surface area contributed by atoms with Gasteiger partial charge in [-0.15, -0.1) is 0 Å². The number of hydrogen-bond acceptors (Lipinski definition) is 3. The van der Waals surface area contributed by atoms with Gasteiger partial charge in [-0.3, -0.25) is 14.4 Å². The molecule has 2 aromatic carbocycles. The highest BCUT2D eigenvalue weighted by molar-refractivity contribution is 6.02. The average Bonchev–Trinajstić information content (AvgIpc) is 3.25. The van der Waals surface area contributed by atoms with E-state index in [-0.39, 0.29) is 17.7 Å². The van der Waals surface area contributed by atoms with Crippen molar-refractivity contribution >= 4 is 23.4 Å². The summed E-state index contributed by atoms with van der Waals surface area (Å²) in [7, 11) is 0. The van der Waals surface area contributed by atoms with E-state index in [4.69, 9.17) is 0 Å². The molecule has 0 radical (unpaired) electrons. The van der Waals surface area contributed by atoms with Crippen molar-refractivity contribution in [2.75, 3.05) is 18.4 Å². The van der Waals surface area contributed by atoms with Crippen LogP contribution in [-0.4, -0.2) is 40.6 Å². The molecule has 1 saturated heterocycles. The molecule has 30 heavy (non-hydrogen) atoms. The Hall–Kier alpha value is -3.15. The molecule has 0 bridgehead atoms. The second-order valence-electron chi connectivity index (χ2n) is 7.85. The third-order valence-corrected chi connectivity index (χ3v) is 5.90. The van der Waals surface area contributed by atoms with Crippen LogP contribution in [0.5, 0.6) is 0 Å². The summed E-state index contributed by atoms with van der Waals surface area (Å²) in [5.41, 5.74) is 1.98. The maximum atomic E-state index is 13.2. The average molecular weight is 405 g/mol. The molecule has 1 fully saturated rings. The standard InChI is InChI=1S/C24H27N3O3/c1-3-8-21(28)25-18-11-7-10-17(16-18)24-20-13-6-5-12-19(20)23(30)27(24)15-14-26(24)22(29)9-4-2/h5-7,10-13,16H,3-4,8-9,14-15H2,1-2H3,(H,25,28). The van der Waals surface area contributed by atoms with E-state index in [0.29, 0.717) is 37.2 Å². The van der Waals surface area contributed by atoms with Gasteiger partial charge in [0.2, 0.25) is 11.8 Å². The van der Waals surface area contributed by atoms with E-state index in [1.54, 1.807) is 4.90 Å². The maximum absolute atomic E-state index is 13.2. The fourth-order valence-corrected chi connectivity index (χ4v) is 4.71. The van der Waals surface area contributed by atoms with Gasteiger partial charge >= 0.3 is 0 Å². The SMILES string of the molecule is CCCC(=O)Nc1cccc(C23c4ccccc4C(=O)N2CCN3C(=O)CCC)c1. The lowest BCUT2D eigenvalue weighted by molar-refractivity contribution is -0.136. The van der Waals surface area contributed by atoms with Gasteiger partial charge in [0.1, 0.15) is 0 Å². The zero-order valence-electron chi connectivity index (χ0n) is 17.5. The Kier molecular flexibility index (Phi) is 5.33. The third kappa shape index (κ3) is 2.98. The number of carbonyl (C=O) groups is 3. The van der Waals surface area contributed by atoms with Crippen molar-refractivity contribution in [2.24, 2.45) is 0 Å². The van der Waals surface area contributed by atoms with Crippen molar-refractivity contribution in [3.63, 3.8) is 0 Å². The Labute approximate surface area is 176 Å². The zero-order chi connectivity index (χ0) is 21.3. The van der Waals surface area contributed by atoms with Gasteiger partial charge in [-0.2, -0.15) is 0 Å². The molecule has 2 heterocycles. The predicted molar refractivity (Wildman–Crippen MR) is 115 cm³/mol. The number of nitrogens with one attached hydrogen (secondary N) is 1. The van der Waals surface area contributed by atoms with Gasteiger partial charge in [0.05, 0.1) is 0 Å². The van der Waals surface area contributed by atoms with Gasteiger partial charge in [0, 0.05) is 48.3 Å². The van der Waals surface area contributed by atoms with Crippen LogP contribution in [-0.2, 0) is 15.3 Å². The van der Waals surface area contributed by atoms with E-state index in [9.17, 15) is 14.4 Å².